The van der Waals surface area contributed by atoms with Crippen LogP contribution in [0.25, 0.3) is 15.9 Å². The number of nitrogens with zero attached hydrogens (tertiary/aromatic N) is 4. The predicted octanol–water partition coefficient (Wildman–Crippen LogP) is 3.42. The topological polar surface area (TPSA) is 98.5 Å². The number of hydrogen-bond acceptors (Lipinski definition) is 8. The quantitative estimate of drug-likeness (QED) is 0.498. The van der Waals surface area contributed by atoms with Gasteiger partial charge in [-0.15, -0.1) is 16.4 Å². The van der Waals surface area contributed by atoms with Gasteiger partial charge in [0.25, 0.3) is 0 Å². The molecule has 0 amide bonds. The zero-order valence-corrected chi connectivity index (χ0v) is 17.5. The van der Waals surface area contributed by atoms with Crippen LogP contribution in [0, 0.1) is 0 Å². The van der Waals surface area contributed by atoms with Gasteiger partial charge in [-0.2, -0.15) is 4.52 Å². The number of benzene rings is 1. The van der Waals surface area contributed by atoms with Crippen molar-refractivity contribution in [3.63, 3.8) is 0 Å². The molecule has 0 unspecified atom stereocenters. The van der Waals surface area contributed by atoms with Crippen LogP contribution in [-0.4, -0.2) is 47.5 Å². The summed E-state index contributed by atoms with van der Waals surface area (Å²) < 4.78 is 34.3. The lowest BCUT2D eigenvalue weighted by atomic mass is 10.2. The van der Waals surface area contributed by atoms with Gasteiger partial charge in [-0.3, -0.25) is 0 Å². The second-order valence-corrected chi connectivity index (χ2v) is 9.92. The van der Waals surface area contributed by atoms with E-state index in [2.05, 4.69) is 20.6 Å². The molecule has 4 aromatic rings. The number of thiophene rings is 1. The molecule has 1 aromatic carbocycles. The lowest BCUT2D eigenvalue weighted by Crippen LogP contribution is -2.19. The summed E-state index contributed by atoms with van der Waals surface area (Å²) in [5.74, 6) is 0.600. The summed E-state index contributed by atoms with van der Waals surface area (Å²) in [6.07, 6.45) is 2.16. The van der Waals surface area contributed by atoms with Gasteiger partial charge in [-0.1, -0.05) is 22.9 Å². The Morgan fingerprint density at radius 2 is 2.24 bits per heavy atom. The summed E-state index contributed by atoms with van der Waals surface area (Å²) in [5, 5.41) is 13.4. The molecule has 1 aliphatic heterocycles. The van der Waals surface area contributed by atoms with Gasteiger partial charge < -0.3 is 10.1 Å². The van der Waals surface area contributed by atoms with Gasteiger partial charge in [0, 0.05) is 18.2 Å². The Hall–Kier alpha value is -2.27. The van der Waals surface area contributed by atoms with E-state index in [-0.39, 0.29) is 21.7 Å². The molecule has 1 atom stereocenters. The lowest BCUT2D eigenvalue weighted by Gasteiger charge is -2.12. The molecule has 0 bridgehead atoms. The first-order chi connectivity index (χ1) is 14.0. The van der Waals surface area contributed by atoms with E-state index in [4.69, 9.17) is 16.3 Å². The highest BCUT2D eigenvalue weighted by atomic mass is 35.5. The number of aromatic nitrogens is 4. The van der Waals surface area contributed by atoms with Crippen molar-refractivity contribution >= 4 is 54.5 Å². The number of sulfone groups is 1. The average Bonchev–Trinajstić information content (AvgIpc) is 3.45. The summed E-state index contributed by atoms with van der Waals surface area (Å²) in [6.45, 7) is 1.37. The third kappa shape index (κ3) is 3.25. The number of halogens is 1. The first-order valence-corrected chi connectivity index (χ1v) is 11.8. The molecule has 0 radical (unpaired) electrons. The van der Waals surface area contributed by atoms with E-state index in [9.17, 15) is 8.42 Å². The molecule has 3 aromatic heterocycles. The third-order valence-corrected chi connectivity index (χ3v) is 7.60. The molecular weight excluding hydrogens is 434 g/mol. The van der Waals surface area contributed by atoms with Crippen molar-refractivity contribution in [3.05, 3.63) is 40.7 Å². The molecule has 1 fully saturated rings. The molecule has 5 rings (SSSR count). The van der Waals surface area contributed by atoms with Gasteiger partial charge in [0.05, 0.1) is 21.2 Å². The third-order valence-electron chi connectivity index (χ3n) is 4.80. The monoisotopic (exact) mass is 449 g/mol. The van der Waals surface area contributed by atoms with E-state index in [0.29, 0.717) is 17.4 Å². The van der Waals surface area contributed by atoms with Gasteiger partial charge in [0.15, 0.2) is 5.65 Å². The highest BCUT2D eigenvalue weighted by molar-refractivity contribution is 7.91. The average molecular weight is 450 g/mol. The zero-order valence-electron chi connectivity index (χ0n) is 15.1. The fourth-order valence-electron chi connectivity index (χ4n) is 3.38. The van der Waals surface area contributed by atoms with Gasteiger partial charge in [0.2, 0.25) is 14.9 Å². The van der Waals surface area contributed by atoms with E-state index >= 15 is 0 Å². The van der Waals surface area contributed by atoms with E-state index < -0.39 is 9.84 Å². The van der Waals surface area contributed by atoms with Crippen LogP contribution in [-0.2, 0) is 14.6 Å². The number of ether oxygens (including phenoxy) is 1. The molecule has 1 N–H and O–H groups in total. The van der Waals surface area contributed by atoms with Crippen molar-refractivity contribution in [2.75, 3.05) is 18.5 Å². The Labute approximate surface area is 175 Å². The number of nitrogens with one attached hydrogen (secondary N) is 1. The fourth-order valence-corrected chi connectivity index (χ4v) is 5.75. The second-order valence-electron chi connectivity index (χ2n) is 6.70. The van der Waals surface area contributed by atoms with E-state index in [1.807, 2.05) is 11.4 Å². The van der Waals surface area contributed by atoms with Crippen LogP contribution in [0.15, 0.2) is 45.6 Å². The molecule has 11 heteroatoms. The summed E-state index contributed by atoms with van der Waals surface area (Å²) in [7, 11) is -3.93. The van der Waals surface area contributed by atoms with Crippen molar-refractivity contribution in [2.45, 2.75) is 28.9 Å². The fraction of sp³-hybridized carbons (Fsp3) is 0.278. The second kappa shape index (κ2) is 7.21. The van der Waals surface area contributed by atoms with Gasteiger partial charge in [-0.05, 0) is 42.5 Å². The Bertz CT molecular complexity index is 1310. The largest absolute Gasteiger partial charge is 0.376 e. The Kier molecular flexibility index (Phi) is 4.66. The number of hydrogen-bond donors (Lipinski definition) is 1. The molecule has 0 spiro atoms. The number of anilines is 1. The molecule has 0 saturated carbocycles. The van der Waals surface area contributed by atoms with Crippen molar-refractivity contribution < 1.29 is 13.2 Å². The van der Waals surface area contributed by atoms with Gasteiger partial charge >= 0.3 is 0 Å². The minimum absolute atomic E-state index is 0.0495. The molecule has 8 nitrogen and oxygen atoms in total. The summed E-state index contributed by atoms with van der Waals surface area (Å²) in [6, 6.07) is 7.94. The van der Waals surface area contributed by atoms with E-state index in [1.165, 1.54) is 28.0 Å². The smallest absolute Gasteiger partial charge is 0.229 e. The minimum atomic E-state index is -3.93. The zero-order chi connectivity index (χ0) is 20.0. The van der Waals surface area contributed by atoms with Crippen LogP contribution in [0.3, 0.4) is 0 Å². The highest BCUT2D eigenvalue weighted by Crippen LogP contribution is 2.31. The SMILES string of the molecule is O=S(=O)(c1cccc(Cl)c1)c1nnn2c1nc(NC[C@H]1CCCO1)c1sccc12. The van der Waals surface area contributed by atoms with Crippen LogP contribution in [0.5, 0.6) is 0 Å². The first kappa shape index (κ1) is 18.7. The maximum absolute atomic E-state index is 13.2. The van der Waals surface area contributed by atoms with Crippen molar-refractivity contribution in [1.82, 2.24) is 19.8 Å². The molecule has 29 heavy (non-hydrogen) atoms. The van der Waals surface area contributed by atoms with E-state index in [1.54, 1.807) is 12.1 Å². The number of rotatable bonds is 5. The summed E-state index contributed by atoms with van der Waals surface area (Å²) >= 11 is 7.49. The van der Waals surface area contributed by atoms with Crippen molar-refractivity contribution in [1.29, 1.82) is 0 Å². The molecule has 4 heterocycles. The standard InChI is InChI=1S/C18H16ClN5O3S2/c19-11-3-1-5-13(9-11)29(25,26)18-17-21-16(20-10-12-4-2-7-27-12)15-14(6-8-28-15)24(17)23-22-18/h1,3,5-6,8-9,12H,2,4,7,10H2,(H,20,21)/t12-/m1/s1. The summed E-state index contributed by atoms with van der Waals surface area (Å²) in [4.78, 5) is 4.63. The van der Waals surface area contributed by atoms with E-state index in [0.717, 1.165) is 29.7 Å². The Morgan fingerprint density at radius 3 is 3.03 bits per heavy atom. The van der Waals surface area contributed by atoms with Crippen LogP contribution in [0.4, 0.5) is 5.82 Å². The summed E-state index contributed by atoms with van der Waals surface area (Å²) in [5.41, 5.74) is 0.917. The molecule has 1 aliphatic rings. The first-order valence-electron chi connectivity index (χ1n) is 9.03. The van der Waals surface area contributed by atoms with Crippen LogP contribution >= 0.6 is 22.9 Å². The highest BCUT2D eigenvalue weighted by Gasteiger charge is 2.28. The molecular formula is C18H16ClN5O3S2. The minimum Gasteiger partial charge on any atom is -0.376 e. The number of fused-ring (bicyclic) bond motifs is 3. The Morgan fingerprint density at radius 1 is 1.34 bits per heavy atom. The normalized spacial score (nSPS) is 17.3. The molecule has 0 aliphatic carbocycles. The Balaban J connectivity index is 1.63. The maximum Gasteiger partial charge on any atom is 0.229 e. The van der Waals surface area contributed by atoms with Crippen LogP contribution in [0.1, 0.15) is 12.8 Å². The molecule has 150 valence electrons. The predicted molar refractivity (Wildman–Crippen MR) is 111 cm³/mol. The maximum atomic E-state index is 13.2. The van der Waals surface area contributed by atoms with Gasteiger partial charge in [0.1, 0.15) is 5.82 Å². The van der Waals surface area contributed by atoms with Gasteiger partial charge in [-0.25, -0.2) is 13.4 Å². The van der Waals surface area contributed by atoms with Crippen molar-refractivity contribution in [3.8, 4) is 0 Å². The molecule has 1 saturated heterocycles. The lowest BCUT2D eigenvalue weighted by molar-refractivity contribution is 0.120. The van der Waals surface area contributed by atoms with Crippen molar-refractivity contribution in [2.24, 2.45) is 0 Å². The van der Waals surface area contributed by atoms with Crippen LogP contribution < -0.4 is 5.32 Å². The van der Waals surface area contributed by atoms with Crippen LogP contribution in [0.2, 0.25) is 5.02 Å².